The molecule has 3 N–H and O–H groups in total. The number of amides is 2. The molecule has 2 amide bonds. The van der Waals surface area contributed by atoms with Crippen LogP contribution in [0.1, 0.15) is 17.3 Å². The number of benzene rings is 1. The van der Waals surface area contributed by atoms with E-state index in [2.05, 4.69) is 15.8 Å². The number of aromatic amines is 1. The van der Waals surface area contributed by atoms with Gasteiger partial charge in [-0.1, -0.05) is 24.4 Å². The Morgan fingerprint density at radius 1 is 1.22 bits per heavy atom. The first kappa shape index (κ1) is 16.6. The van der Waals surface area contributed by atoms with Crippen LogP contribution in [-0.2, 0) is 4.79 Å². The van der Waals surface area contributed by atoms with E-state index >= 15 is 0 Å². The van der Waals surface area contributed by atoms with Gasteiger partial charge in [-0.15, -0.1) is 0 Å². The van der Waals surface area contributed by atoms with Crippen molar-refractivity contribution in [1.82, 2.24) is 15.8 Å². The van der Waals surface area contributed by atoms with Crippen molar-refractivity contribution in [3.63, 3.8) is 0 Å². The lowest BCUT2D eigenvalue weighted by atomic mass is 10.3. The second-order valence-corrected chi connectivity index (χ2v) is 4.96. The summed E-state index contributed by atoms with van der Waals surface area (Å²) in [5, 5.41) is 0. The second kappa shape index (κ2) is 7.50. The normalized spacial score (nSPS) is 11.4. The third kappa shape index (κ3) is 4.36. The van der Waals surface area contributed by atoms with Crippen molar-refractivity contribution in [3.05, 3.63) is 58.6 Å². The van der Waals surface area contributed by atoms with Crippen molar-refractivity contribution in [3.8, 4) is 5.75 Å². The molecule has 2 rings (SSSR count). The van der Waals surface area contributed by atoms with Crippen LogP contribution in [0.4, 0.5) is 4.39 Å². The van der Waals surface area contributed by atoms with Crippen LogP contribution in [0.3, 0.4) is 0 Å². The first-order valence-corrected chi connectivity index (χ1v) is 7.09. The van der Waals surface area contributed by atoms with Crippen molar-refractivity contribution in [1.29, 1.82) is 0 Å². The summed E-state index contributed by atoms with van der Waals surface area (Å²) in [4.78, 5) is 26.5. The Balaban J connectivity index is 1.92. The molecular formula is C15H14FN3O3S. The SMILES string of the molecule is CC(Oc1ccccc1F)C(=O)NNC(=O)c1ccc[nH]c1=S. The molecule has 8 heteroatoms. The third-order valence-electron chi connectivity index (χ3n) is 2.87. The Morgan fingerprint density at radius 2 is 1.96 bits per heavy atom. The van der Waals surface area contributed by atoms with Crippen molar-refractivity contribution in [2.75, 3.05) is 0 Å². The van der Waals surface area contributed by atoms with Crippen molar-refractivity contribution < 1.29 is 18.7 Å². The number of nitrogens with one attached hydrogen (secondary N) is 3. The van der Waals surface area contributed by atoms with Crippen LogP contribution in [0.2, 0.25) is 0 Å². The van der Waals surface area contributed by atoms with Crippen LogP contribution in [0, 0.1) is 10.5 Å². The fourth-order valence-corrected chi connectivity index (χ4v) is 1.90. The summed E-state index contributed by atoms with van der Waals surface area (Å²) in [5.74, 6) is -1.83. The summed E-state index contributed by atoms with van der Waals surface area (Å²) in [6.45, 7) is 1.43. The molecule has 1 aromatic carbocycles. The maximum atomic E-state index is 13.5. The summed E-state index contributed by atoms with van der Waals surface area (Å²) in [7, 11) is 0. The minimum atomic E-state index is -1.00. The summed E-state index contributed by atoms with van der Waals surface area (Å²) >= 11 is 4.97. The number of aromatic nitrogens is 1. The molecule has 0 saturated carbocycles. The predicted octanol–water partition coefficient (Wildman–Crippen LogP) is 2.11. The lowest BCUT2D eigenvalue weighted by molar-refractivity contribution is -0.128. The molecule has 0 aliphatic rings. The number of hydrogen-bond donors (Lipinski definition) is 3. The molecule has 23 heavy (non-hydrogen) atoms. The van der Waals surface area contributed by atoms with Crippen LogP contribution < -0.4 is 15.6 Å². The number of H-pyrrole nitrogens is 1. The van der Waals surface area contributed by atoms with E-state index in [4.69, 9.17) is 17.0 Å². The lowest BCUT2D eigenvalue weighted by Gasteiger charge is -2.15. The highest BCUT2D eigenvalue weighted by Gasteiger charge is 2.17. The van der Waals surface area contributed by atoms with E-state index in [9.17, 15) is 14.0 Å². The Hall–Kier alpha value is -2.74. The minimum Gasteiger partial charge on any atom is -0.478 e. The third-order valence-corrected chi connectivity index (χ3v) is 3.21. The zero-order valence-corrected chi connectivity index (χ0v) is 12.9. The van der Waals surface area contributed by atoms with Gasteiger partial charge in [-0.05, 0) is 31.2 Å². The quantitative estimate of drug-likeness (QED) is 0.590. The Morgan fingerprint density at radius 3 is 2.65 bits per heavy atom. The van der Waals surface area contributed by atoms with E-state index in [1.807, 2.05) is 0 Å². The van der Waals surface area contributed by atoms with Crippen molar-refractivity contribution in [2.45, 2.75) is 13.0 Å². The summed E-state index contributed by atoms with van der Waals surface area (Å²) in [6.07, 6.45) is 0.583. The molecule has 1 aromatic heterocycles. The van der Waals surface area contributed by atoms with E-state index in [1.54, 1.807) is 18.3 Å². The molecule has 1 heterocycles. The Kier molecular flexibility index (Phi) is 5.42. The number of carbonyl (C=O) groups is 2. The fourth-order valence-electron chi connectivity index (χ4n) is 1.67. The van der Waals surface area contributed by atoms with Crippen LogP contribution in [0.15, 0.2) is 42.6 Å². The Labute approximate surface area is 136 Å². The smallest absolute Gasteiger partial charge is 0.279 e. The van der Waals surface area contributed by atoms with Gasteiger partial charge in [-0.25, -0.2) is 4.39 Å². The van der Waals surface area contributed by atoms with Gasteiger partial charge in [-0.2, -0.15) is 0 Å². The number of hydrogen-bond acceptors (Lipinski definition) is 4. The van der Waals surface area contributed by atoms with Crippen LogP contribution >= 0.6 is 12.2 Å². The van der Waals surface area contributed by atoms with Crippen LogP contribution in [0.5, 0.6) is 5.75 Å². The summed E-state index contributed by atoms with van der Waals surface area (Å²) < 4.78 is 18.9. The van der Waals surface area contributed by atoms with E-state index in [1.165, 1.54) is 31.2 Å². The van der Waals surface area contributed by atoms with Gasteiger partial charge in [0.25, 0.3) is 11.8 Å². The van der Waals surface area contributed by atoms with Crippen molar-refractivity contribution >= 4 is 24.0 Å². The molecule has 1 unspecified atom stereocenters. The molecule has 0 spiro atoms. The molecule has 0 saturated heterocycles. The van der Waals surface area contributed by atoms with Gasteiger partial charge in [0, 0.05) is 6.20 Å². The van der Waals surface area contributed by atoms with E-state index in [0.717, 1.165) is 0 Å². The minimum absolute atomic E-state index is 0.0491. The van der Waals surface area contributed by atoms with E-state index < -0.39 is 23.7 Å². The van der Waals surface area contributed by atoms with Crippen LogP contribution in [-0.4, -0.2) is 22.9 Å². The summed E-state index contributed by atoms with van der Waals surface area (Å²) in [5.41, 5.74) is 4.64. The molecule has 6 nitrogen and oxygen atoms in total. The monoisotopic (exact) mass is 335 g/mol. The molecule has 0 aliphatic carbocycles. The van der Waals surface area contributed by atoms with Crippen molar-refractivity contribution in [2.24, 2.45) is 0 Å². The van der Waals surface area contributed by atoms with E-state index in [0.29, 0.717) is 0 Å². The number of ether oxygens (including phenoxy) is 1. The number of halogens is 1. The van der Waals surface area contributed by atoms with Crippen LogP contribution in [0.25, 0.3) is 0 Å². The fraction of sp³-hybridized carbons (Fsp3) is 0.133. The highest BCUT2D eigenvalue weighted by atomic mass is 32.1. The zero-order chi connectivity index (χ0) is 16.8. The maximum Gasteiger partial charge on any atom is 0.279 e. The van der Waals surface area contributed by atoms with Gasteiger partial charge in [0.1, 0.15) is 4.64 Å². The van der Waals surface area contributed by atoms with Gasteiger partial charge >= 0.3 is 0 Å². The first-order valence-electron chi connectivity index (χ1n) is 6.68. The van der Waals surface area contributed by atoms with Gasteiger partial charge in [0.15, 0.2) is 17.7 Å². The number of pyridine rings is 1. The van der Waals surface area contributed by atoms with Gasteiger partial charge in [-0.3, -0.25) is 20.4 Å². The average Bonchev–Trinajstić information content (AvgIpc) is 2.54. The molecule has 0 bridgehead atoms. The van der Waals surface area contributed by atoms with Gasteiger partial charge in [0.2, 0.25) is 0 Å². The highest BCUT2D eigenvalue weighted by Crippen LogP contribution is 2.16. The molecule has 120 valence electrons. The molecule has 0 aliphatic heterocycles. The number of rotatable bonds is 4. The average molecular weight is 335 g/mol. The molecule has 2 aromatic rings. The number of para-hydroxylation sites is 1. The first-order chi connectivity index (χ1) is 11.0. The lowest BCUT2D eigenvalue weighted by Crippen LogP contribution is -2.47. The topological polar surface area (TPSA) is 83.2 Å². The number of hydrazine groups is 1. The Bertz CT molecular complexity index is 778. The highest BCUT2D eigenvalue weighted by molar-refractivity contribution is 7.71. The standard InChI is InChI=1S/C15H14FN3O3S/c1-9(22-12-7-3-2-6-11(12)16)13(20)18-19-14(21)10-5-4-8-17-15(10)23/h2-9H,1H3,(H,17,23)(H,18,20)(H,19,21). The zero-order valence-electron chi connectivity index (χ0n) is 12.1. The second-order valence-electron chi connectivity index (χ2n) is 4.55. The van der Waals surface area contributed by atoms with E-state index in [-0.39, 0.29) is 16.0 Å². The van der Waals surface area contributed by atoms with Gasteiger partial charge < -0.3 is 9.72 Å². The number of carbonyl (C=O) groups excluding carboxylic acids is 2. The molecular weight excluding hydrogens is 321 g/mol. The molecule has 0 fully saturated rings. The predicted molar refractivity (Wildman–Crippen MR) is 83.7 cm³/mol. The van der Waals surface area contributed by atoms with Gasteiger partial charge in [0.05, 0.1) is 5.56 Å². The summed E-state index contributed by atoms with van der Waals surface area (Å²) in [6, 6.07) is 8.84. The largest absolute Gasteiger partial charge is 0.478 e. The molecule has 0 radical (unpaired) electrons. The molecule has 1 atom stereocenters. The maximum absolute atomic E-state index is 13.5.